The molecule has 0 unspecified atom stereocenters. The predicted octanol–water partition coefficient (Wildman–Crippen LogP) is 8.17. The Labute approximate surface area is 210 Å². The molecule has 0 bridgehead atoms. The topological polar surface area (TPSA) is 50.7 Å². The number of hydrogen-bond donors (Lipinski definition) is 1. The molecule has 1 rings (SSSR count). The van der Waals surface area contributed by atoms with Gasteiger partial charge >= 0.3 is 0 Å². The lowest BCUT2D eigenvalue weighted by Crippen LogP contribution is -2.17. The van der Waals surface area contributed by atoms with Crippen molar-refractivity contribution in [2.24, 2.45) is 5.10 Å². The third-order valence-corrected chi connectivity index (χ3v) is 6.18. The molecule has 0 fully saturated rings. The lowest BCUT2D eigenvalue weighted by molar-refractivity contribution is -0.121. The van der Waals surface area contributed by atoms with Crippen LogP contribution >= 0.6 is 15.9 Å². The van der Waals surface area contributed by atoms with Crippen molar-refractivity contribution >= 4 is 28.1 Å². The smallest absolute Gasteiger partial charge is 0.240 e. The van der Waals surface area contributed by atoms with Crippen LogP contribution in [0.5, 0.6) is 5.75 Å². The van der Waals surface area contributed by atoms with Gasteiger partial charge in [0.1, 0.15) is 12.4 Å². The highest BCUT2D eigenvalue weighted by molar-refractivity contribution is 9.10. The predicted molar refractivity (Wildman–Crippen MR) is 144 cm³/mol. The van der Waals surface area contributed by atoms with E-state index in [9.17, 15) is 4.79 Å². The first-order chi connectivity index (χ1) is 16.2. The van der Waals surface area contributed by atoms with E-state index in [-0.39, 0.29) is 12.5 Å². The number of carbonyl (C=O) groups excluding carboxylic acids is 1. The normalized spacial score (nSPS) is 10.9. The number of carbonyl (C=O) groups is 1. The van der Waals surface area contributed by atoms with E-state index in [1.807, 2.05) is 18.2 Å². The van der Waals surface area contributed by atoms with Crippen molar-refractivity contribution in [2.45, 2.75) is 110 Å². The monoisotopic (exact) mass is 518 g/mol. The number of terminal acetylenes is 1. The lowest BCUT2D eigenvalue weighted by Gasteiger charge is -2.06. The minimum Gasteiger partial charge on any atom is -0.480 e. The van der Waals surface area contributed by atoms with Gasteiger partial charge in [0, 0.05) is 16.5 Å². The van der Waals surface area contributed by atoms with Gasteiger partial charge in [0.15, 0.2) is 0 Å². The summed E-state index contributed by atoms with van der Waals surface area (Å²) in [6.45, 7) is 2.46. The van der Waals surface area contributed by atoms with Gasteiger partial charge < -0.3 is 4.74 Å². The molecule has 0 radical (unpaired) electrons. The molecule has 4 nitrogen and oxygen atoms in total. The Kier molecular flexibility index (Phi) is 18.4. The van der Waals surface area contributed by atoms with Gasteiger partial charge in [-0.05, 0) is 24.6 Å². The highest BCUT2D eigenvalue weighted by atomic mass is 79.9. The Morgan fingerprint density at radius 3 is 2.06 bits per heavy atom. The Balaban J connectivity index is 2.00. The molecule has 1 amide bonds. The molecule has 1 aromatic rings. The molecular formula is C28H43BrN2O2. The fraction of sp³-hybridized carbons (Fsp3) is 0.643. The first kappa shape index (κ1) is 29.2. The molecular weight excluding hydrogens is 476 g/mol. The summed E-state index contributed by atoms with van der Waals surface area (Å²) >= 11 is 3.43. The second-order valence-electron chi connectivity index (χ2n) is 8.67. The second-order valence-corrected chi connectivity index (χ2v) is 9.58. The summed E-state index contributed by atoms with van der Waals surface area (Å²) in [4.78, 5) is 12.0. The Bertz CT molecular complexity index is 712. The number of benzene rings is 1. The lowest BCUT2D eigenvalue weighted by atomic mass is 10.0. The van der Waals surface area contributed by atoms with E-state index in [2.05, 4.69) is 39.3 Å². The molecule has 184 valence electrons. The first-order valence-electron chi connectivity index (χ1n) is 12.8. The maximum atomic E-state index is 12.0. The molecule has 0 aromatic heterocycles. The van der Waals surface area contributed by atoms with Crippen LogP contribution in [0.15, 0.2) is 27.8 Å². The standard InChI is InChI=1S/C28H43BrN2O2/c1-3-5-6-7-8-9-10-11-12-13-14-15-16-17-18-19-28(32)31-30-24-25-23-26(29)20-21-27(25)33-22-4-2/h2,20-21,23-24H,3,5-19,22H2,1H3,(H,31,32)/b30-24+. The van der Waals surface area contributed by atoms with Gasteiger partial charge in [0.25, 0.3) is 0 Å². The highest BCUT2D eigenvalue weighted by Gasteiger charge is 2.03. The van der Waals surface area contributed by atoms with Gasteiger partial charge in [-0.25, -0.2) is 5.43 Å². The Hall–Kier alpha value is -1.80. The molecule has 0 saturated carbocycles. The Morgan fingerprint density at radius 2 is 1.52 bits per heavy atom. The number of ether oxygens (including phenoxy) is 1. The molecule has 1 N–H and O–H groups in total. The van der Waals surface area contributed by atoms with Crippen LogP contribution < -0.4 is 10.2 Å². The summed E-state index contributed by atoms with van der Waals surface area (Å²) in [5.74, 6) is 3.03. The second kappa shape index (κ2) is 20.8. The zero-order chi connectivity index (χ0) is 24.0. The minimum absolute atomic E-state index is 0.0537. The number of rotatable bonds is 20. The van der Waals surface area contributed by atoms with Crippen LogP contribution in [-0.2, 0) is 4.79 Å². The van der Waals surface area contributed by atoms with Crippen molar-refractivity contribution in [1.29, 1.82) is 0 Å². The summed E-state index contributed by atoms with van der Waals surface area (Å²) in [6.07, 6.45) is 27.1. The summed E-state index contributed by atoms with van der Waals surface area (Å²) in [6, 6.07) is 5.56. The van der Waals surface area contributed by atoms with Crippen molar-refractivity contribution in [3.63, 3.8) is 0 Å². The van der Waals surface area contributed by atoms with E-state index < -0.39 is 0 Å². The van der Waals surface area contributed by atoms with Gasteiger partial charge in [-0.15, -0.1) is 6.42 Å². The van der Waals surface area contributed by atoms with Crippen LogP contribution in [0.1, 0.15) is 115 Å². The van der Waals surface area contributed by atoms with Crippen molar-refractivity contribution < 1.29 is 9.53 Å². The largest absolute Gasteiger partial charge is 0.480 e. The number of nitrogens with zero attached hydrogens (tertiary/aromatic N) is 1. The van der Waals surface area contributed by atoms with E-state index in [0.717, 1.165) is 22.9 Å². The summed E-state index contributed by atoms with van der Waals surface area (Å²) in [5.41, 5.74) is 3.36. The van der Waals surface area contributed by atoms with Gasteiger partial charge in [0.2, 0.25) is 5.91 Å². The minimum atomic E-state index is -0.0537. The van der Waals surface area contributed by atoms with Gasteiger partial charge in [-0.1, -0.05) is 119 Å². The van der Waals surface area contributed by atoms with Crippen LogP contribution in [0.25, 0.3) is 0 Å². The molecule has 0 aliphatic heterocycles. The maximum absolute atomic E-state index is 12.0. The quantitative estimate of drug-likeness (QED) is 0.0818. The van der Waals surface area contributed by atoms with Crippen LogP contribution in [0, 0.1) is 12.3 Å². The highest BCUT2D eigenvalue weighted by Crippen LogP contribution is 2.21. The summed E-state index contributed by atoms with van der Waals surface area (Å²) in [5, 5.41) is 4.06. The number of hydrogen-bond acceptors (Lipinski definition) is 3. The Morgan fingerprint density at radius 1 is 0.970 bits per heavy atom. The third kappa shape index (κ3) is 16.5. The number of nitrogens with one attached hydrogen (secondary N) is 1. The fourth-order valence-corrected chi connectivity index (χ4v) is 4.14. The van der Waals surface area contributed by atoms with Gasteiger partial charge in [-0.2, -0.15) is 5.10 Å². The van der Waals surface area contributed by atoms with Gasteiger partial charge in [-0.3, -0.25) is 4.79 Å². The molecule has 33 heavy (non-hydrogen) atoms. The number of hydrazone groups is 1. The average molecular weight is 520 g/mol. The van der Waals surface area contributed by atoms with E-state index in [1.165, 1.54) is 83.5 Å². The van der Waals surface area contributed by atoms with Crippen LogP contribution in [-0.4, -0.2) is 18.7 Å². The molecule has 0 atom stereocenters. The SMILES string of the molecule is C#CCOc1ccc(Br)cc1/C=N/NC(=O)CCCCCCCCCCCCCCCCC. The molecule has 0 aliphatic carbocycles. The molecule has 5 heteroatoms. The average Bonchev–Trinajstić information content (AvgIpc) is 2.81. The molecule has 0 saturated heterocycles. The van der Waals surface area contributed by atoms with E-state index in [4.69, 9.17) is 11.2 Å². The maximum Gasteiger partial charge on any atom is 0.240 e. The molecule has 1 aromatic carbocycles. The van der Waals surface area contributed by atoms with Crippen molar-refractivity contribution in [1.82, 2.24) is 5.43 Å². The van der Waals surface area contributed by atoms with Crippen molar-refractivity contribution in [3.05, 3.63) is 28.2 Å². The molecule has 0 spiro atoms. The van der Waals surface area contributed by atoms with E-state index in [1.54, 1.807) is 6.21 Å². The summed E-state index contributed by atoms with van der Waals surface area (Å²) < 4.78 is 6.40. The van der Waals surface area contributed by atoms with E-state index >= 15 is 0 Å². The molecule has 0 heterocycles. The third-order valence-electron chi connectivity index (χ3n) is 5.68. The van der Waals surface area contributed by atoms with Crippen molar-refractivity contribution in [3.8, 4) is 18.1 Å². The summed E-state index contributed by atoms with van der Waals surface area (Å²) in [7, 11) is 0. The van der Waals surface area contributed by atoms with Crippen LogP contribution in [0.3, 0.4) is 0 Å². The van der Waals surface area contributed by atoms with Crippen LogP contribution in [0.2, 0.25) is 0 Å². The molecule has 0 aliphatic rings. The zero-order valence-corrected chi connectivity index (χ0v) is 22.1. The zero-order valence-electron chi connectivity index (χ0n) is 20.5. The van der Waals surface area contributed by atoms with Crippen LogP contribution in [0.4, 0.5) is 0 Å². The first-order valence-corrected chi connectivity index (χ1v) is 13.6. The number of halogens is 1. The fourth-order valence-electron chi connectivity index (χ4n) is 3.76. The number of amides is 1. The van der Waals surface area contributed by atoms with E-state index in [0.29, 0.717) is 12.2 Å². The van der Waals surface area contributed by atoms with Crippen molar-refractivity contribution in [2.75, 3.05) is 6.61 Å². The van der Waals surface area contributed by atoms with Gasteiger partial charge in [0.05, 0.1) is 6.21 Å². The number of unbranched alkanes of at least 4 members (excludes halogenated alkanes) is 14.